The van der Waals surface area contributed by atoms with Gasteiger partial charge >= 0.3 is 0 Å². The number of carbonyl (C=O) groups is 1. The summed E-state index contributed by atoms with van der Waals surface area (Å²) in [6, 6.07) is 5.70. The van der Waals surface area contributed by atoms with Crippen molar-refractivity contribution in [2.24, 2.45) is 5.92 Å². The van der Waals surface area contributed by atoms with E-state index in [-0.39, 0.29) is 5.91 Å². The fraction of sp³-hybridized carbons (Fsp3) is 0.533. The van der Waals surface area contributed by atoms with Gasteiger partial charge in [-0.1, -0.05) is 35.8 Å². The van der Waals surface area contributed by atoms with Crippen molar-refractivity contribution in [3.63, 3.8) is 0 Å². The summed E-state index contributed by atoms with van der Waals surface area (Å²) in [4.78, 5) is 12.0. The number of ether oxygens (including phenoxy) is 1. The molecule has 1 aromatic rings. The Kier molecular flexibility index (Phi) is 7.10. The minimum Gasteiger partial charge on any atom is -0.380 e. The van der Waals surface area contributed by atoms with E-state index in [2.05, 4.69) is 35.1 Å². The van der Waals surface area contributed by atoms with Crippen LogP contribution >= 0.6 is 15.9 Å². The molecule has 0 radical (unpaired) electrons. The van der Waals surface area contributed by atoms with Crippen LogP contribution < -0.4 is 5.32 Å². The molecule has 0 aliphatic carbocycles. The molecule has 0 aliphatic heterocycles. The zero-order valence-electron chi connectivity index (χ0n) is 11.8. The molecule has 1 amide bonds. The number of carbonyl (C=O) groups excluding carboxylic acids is 1. The highest BCUT2D eigenvalue weighted by Crippen LogP contribution is 2.15. The van der Waals surface area contributed by atoms with Gasteiger partial charge in [-0.25, -0.2) is 0 Å². The van der Waals surface area contributed by atoms with Crippen molar-refractivity contribution in [1.82, 2.24) is 5.32 Å². The molecule has 106 valence electrons. The minimum absolute atomic E-state index is 0.0498. The first-order chi connectivity index (χ1) is 9.00. The predicted molar refractivity (Wildman–Crippen MR) is 81.5 cm³/mol. The number of nitrogens with one attached hydrogen (secondary N) is 1. The number of benzene rings is 1. The molecular formula is C15H22BrNO2. The molecule has 1 N–H and O–H groups in total. The van der Waals surface area contributed by atoms with E-state index in [0.717, 1.165) is 23.1 Å². The average Bonchev–Trinajstić information content (AvgIpc) is 2.36. The highest BCUT2D eigenvalue weighted by atomic mass is 79.9. The standard InChI is InChI=1S/C15H22BrNO2/c1-11(2)6-8-19-9-7-17-15(18)14-10-13(16)5-4-12(14)3/h4-5,10-11H,6-9H2,1-3H3,(H,17,18). The third-order valence-corrected chi connectivity index (χ3v) is 3.31. The SMILES string of the molecule is Cc1ccc(Br)cc1C(=O)NCCOCCC(C)C. The number of amides is 1. The maximum atomic E-state index is 12.0. The fourth-order valence-electron chi connectivity index (χ4n) is 1.59. The smallest absolute Gasteiger partial charge is 0.251 e. The van der Waals surface area contributed by atoms with Gasteiger partial charge in [0.1, 0.15) is 0 Å². The van der Waals surface area contributed by atoms with Crippen LogP contribution in [0.1, 0.15) is 36.2 Å². The largest absolute Gasteiger partial charge is 0.380 e. The molecule has 0 aliphatic rings. The number of rotatable bonds is 7. The molecule has 0 fully saturated rings. The Balaban J connectivity index is 2.29. The Bertz CT molecular complexity index is 419. The first-order valence-electron chi connectivity index (χ1n) is 6.62. The Morgan fingerprint density at radius 1 is 1.37 bits per heavy atom. The average molecular weight is 328 g/mol. The van der Waals surface area contributed by atoms with E-state index in [1.54, 1.807) is 0 Å². The van der Waals surface area contributed by atoms with Gasteiger partial charge in [-0.2, -0.15) is 0 Å². The molecule has 4 heteroatoms. The predicted octanol–water partition coefficient (Wildman–Crippen LogP) is 3.55. The van der Waals surface area contributed by atoms with Gasteiger partial charge in [0.05, 0.1) is 6.61 Å². The lowest BCUT2D eigenvalue weighted by molar-refractivity contribution is 0.0905. The van der Waals surface area contributed by atoms with Crippen LogP contribution in [0.25, 0.3) is 0 Å². The minimum atomic E-state index is -0.0498. The lowest BCUT2D eigenvalue weighted by Crippen LogP contribution is -2.28. The van der Waals surface area contributed by atoms with Crippen LogP contribution in [0.4, 0.5) is 0 Å². The fourth-order valence-corrected chi connectivity index (χ4v) is 1.95. The molecule has 0 spiro atoms. The summed E-state index contributed by atoms with van der Waals surface area (Å²) in [5.41, 5.74) is 1.68. The molecule has 0 saturated heterocycles. The zero-order chi connectivity index (χ0) is 14.3. The number of halogens is 1. The number of hydrogen-bond acceptors (Lipinski definition) is 2. The van der Waals surface area contributed by atoms with Crippen LogP contribution in [-0.2, 0) is 4.74 Å². The normalized spacial score (nSPS) is 10.8. The summed E-state index contributed by atoms with van der Waals surface area (Å²) in [6.07, 6.45) is 1.05. The van der Waals surface area contributed by atoms with Crippen molar-refractivity contribution in [1.29, 1.82) is 0 Å². The second-order valence-corrected chi connectivity index (χ2v) is 5.93. The second-order valence-electron chi connectivity index (χ2n) is 5.01. The molecule has 0 aromatic heterocycles. The van der Waals surface area contributed by atoms with Gasteiger partial charge in [-0.15, -0.1) is 0 Å². The van der Waals surface area contributed by atoms with Crippen LogP contribution in [0.5, 0.6) is 0 Å². The van der Waals surface area contributed by atoms with Gasteiger partial charge in [0.2, 0.25) is 0 Å². The van der Waals surface area contributed by atoms with Gasteiger partial charge in [-0.3, -0.25) is 4.79 Å². The lowest BCUT2D eigenvalue weighted by Gasteiger charge is -2.09. The molecule has 0 bridgehead atoms. The highest BCUT2D eigenvalue weighted by molar-refractivity contribution is 9.10. The summed E-state index contributed by atoms with van der Waals surface area (Å²) in [5, 5.41) is 2.87. The molecule has 1 rings (SSSR count). The van der Waals surface area contributed by atoms with E-state index in [1.807, 2.05) is 25.1 Å². The Morgan fingerprint density at radius 2 is 2.11 bits per heavy atom. The molecule has 1 aromatic carbocycles. The Morgan fingerprint density at radius 3 is 2.79 bits per heavy atom. The van der Waals surface area contributed by atoms with Gasteiger partial charge in [-0.05, 0) is 37.0 Å². The number of aryl methyl sites for hydroxylation is 1. The Labute approximate surface area is 123 Å². The molecule has 19 heavy (non-hydrogen) atoms. The van der Waals surface area contributed by atoms with E-state index >= 15 is 0 Å². The second kappa shape index (κ2) is 8.33. The first-order valence-corrected chi connectivity index (χ1v) is 7.42. The van der Waals surface area contributed by atoms with Crippen LogP contribution in [0.15, 0.2) is 22.7 Å². The molecule has 0 unspecified atom stereocenters. The lowest BCUT2D eigenvalue weighted by atomic mass is 10.1. The van der Waals surface area contributed by atoms with Crippen LogP contribution in [0, 0.1) is 12.8 Å². The Hall–Kier alpha value is -0.870. The van der Waals surface area contributed by atoms with Gasteiger partial charge < -0.3 is 10.1 Å². The third-order valence-electron chi connectivity index (χ3n) is 2.82. The third kappa shape index (κ3) is 6.21. The summed E-state index contributed by atoms with van der Waals surface area (Å²) >= 11 is 3.38. The van der Waals surface area contributed by atoms with Crippen LogP contribution in [-0.4, -0.2) is 25.7 Å². The van der Waals surface area contributed by atoms with Crippen molar-refractivity contribution in [2.75, 3.05) is 19.8 Å². The van der Waals surface area contributed by atoms with Crippen molar-refractivity contribution in [3.8, 4) is 0 Å². The maximum Gasteiger partial charge on any atom is 0.251 e. The van der Waals surface area contributed by atoms with Gasteiger partial charge in [0.25, 0.3) is 5.91 Å². The van der Waals surface area contributed by atoms with E-state index in [9.17, 15) is 4.79 Å². The van der Waals surface area contributed by atoms with Crippen molar-refractivity contribution in [3.05, 3.63) is 33.8 Å². The first kappa shape index (κ1) is 16.2. The maximum absolute atomic E-state index is 12.0. The van der Waals surface area contributed by atoms with Crippen molar-refractivity contribution >= 4 is 21.8 Å². The zero-order valence-corrected chi connectivity index (χ0v) is 13.4. The molecule has 0 saturated carbocycles. The molecule has 3 nitrogen and oxygen atoms in total. The summed E-state index contributed by atoms with van der Waals surface area (Å²) in [5.74, 6) is 0.602. The quantitative estimate of drug-likeness (QED) is 0.778. The van der Waals surface area contributed by atoms with Crippen molar-refractivity contribution in [2.45, 2.75) is 27.2 Å². The topological polar surface area (TPSA) is 38.3 Å². The highest BCUT2D eigenvalue weighted by Gasteiger charge is 2.08. The summed E-state index contributed by atoms with van der Waals surface area (Å²) in [7, 11) is 0. The van der Waals surface area contributed by atoms with Crippen LogP contribution in [0.3, 0.4) is 0 Å². The monoisotopic (exact) mass is 327 g/mol. The number of hydrogen-bond donors (Lipinski definition) is 1. The molecule has 0 atom stereocenters. The van der Waals surface area contributed by atoms with E-state index in [0.29, 0.717) is 24.6 Å². The molecular weight excluding hydrogens is 306 g/mol. The summed E-state index contributed by atoms with van der Waals surface area (Å²) in [6.45, 7) is 8.13. The van der Waals surface area contributed by atoms with E-state index in [4.69, 9.17) is 4.74 Å². The molecule has 0 heterocycles. The van der Waals surface area contributed by atoms with Crippen molar-refractivity contribution < 1.29 is 9.53 Å². The van der Waals surface area contributed by atoms with E-state index in [1.165, 1.54) is 0 Å². The summed E-state index contributed by atoms with van der Waals surface area (Å²) < 4.78 is 6.37. The van der Waals surface area contributed by atoms with Gasteiger partial charge in [0, 0.05) is 23.2 Å². The van der Waals surface area contributed by atoms with Crippen LogP contribution in [0.2, 0.25) is 0 Å². The van der Waals surface area contributed by atoms with E-state index < -0.39 is 0 Å². The van der Waals surface area contributed by atoms with Gasteiger partial charge in [0.15, 0.2) is 0 Å².